The van der Waals surface area contributed by atoms with Gasteiger partial charge in [-0.3, -0.25) is 4.79 Å². The second-order valence-electron chi connectivity index (χ2n) is 5.35. The van der Waals surface area contributed by atoms with Crippen LogP contribution >= 0.6 is 11.8 Å². The molecule has 3 rings (SSSR count). The van der Waals surface area contributed by atoms with Crippen molar-refractivity contribution >= 4 is 23.4 Å². The minimum Gasteiger partial charge on any atom is -0.495 e. The molecular weight excluding hydrogens is 328 g/mol. The summed E-state index contributed by atoms with van der Waals surface area (Å²) in [6.07, 6.45) is 1.42. The fraction of sp³-hybridized carbons (Fsp3) is 0.400. The van der Waals surface area contributed by atoms with E-state index in [-0.39, 0.29) is 5.91 Å². The van der Waals surface area contributed by atoms with Gasteiger partial charge in [0.15, 0.2) is 0 Å². The average molecular weight is 348 g/mol. The number of benzene rings is 1. The summed E-state index contributed by atoms with van der Waals surface area (Å²) >= 11 is 1.30. The number of aromatic nitrogens is 3. The highest BCUT2D eigenvalue weighted by Gasteiger charge is 2.23. The van der Waals surface area contributed by atoms with Crippen molar-refractivity contribution in [1.82, 2.24) is 19.8 Å². The van der Waals surface area contributed by atoms with Gasteiger partial charge in [0, 0.05) is 26.2 Å². The highest BCUT2D eigenvalue weighted by molar-refractivity contribution is 7.99. The Morgan fingerprint density at radius 3 is 2.71 bits per heavy atom. The quantitative estimate of drug-likeness (QED) is 0.619. The summed E-state index contributed by atoms with van der Waals surface area (Å²) in [7, 11) is 1.67. The minimum atomic E-state index is 0.0858. The number of nitrogens with zero attached hydrogens (tertiary/aromatic N) is 5. The van der Waals surface area contributed by atoms with Crippen molar-refractivity contribution in [2.75, 3.05) is 49.8 Å². The molecule has 0 atom stereocenters. The molecule has 0 bridgehead atoms. The molecule has 2 heterocycles. The van der Waals surface area contributed by atoms with E-state index in [2.05, 4.69) is 15.1 Å². The molecule has 1 saturated heterocycles. The standard InChI is InChI=1S/C15H20N6O2S/c1-23-13-5-3-2-4-12(13)19-6-8-20(9-7-19)14(22)10-24-15-18-17-11-21(15)16/h2-5,11H,6-10,16H2,1H3. The van der Waals surface area contributed by atoms with Gasteiger partial charge in [0.2, 0.25) is 11.1 Å². The summed E-state index contributed by atoms with van der Waals surface area (Å²) in [4.78, 5) is 16.4. The Labute approximate surface area is 144 Å². The third kappa shape index (κ3) is 3.56. The van der Waals surface area contributed by atoms with Crippen molar-refractivity contribution in [1.29, 1.82) is 0 Å². The Bertz CT molecular complexity index is 699. The van der Waals surface area contributed by atoms with Crippen LogP contribution in [0.2, 0.25) is 0 Å². The monoisotopic (exact) mass is 348 g/mol. The lowest BCUT2D eigenvalue weighted by Gasteiger charge is -2.36. The SMILES string of the molecule is COc1ccccc1N1CCN(C(=O)CSc2nncn2N)CC1. The summed E-state index contributed by atoms with van der Waals surface area (Å²) in [5, 5.41) is 8.10. The molecule has 9 heteroatoms. The van der Waals surface area contributed by atoms with E-state index < -0.39 is 0 Å². The molecule has 1 aliphatic rings. The molecular formula is C15H20N6O2S. The summed E-state index contributed by atoms with van der Waals surface area (Å²) < 4.78 is 6.73. The summed E-state index contributed by atoms with van der Waals surface area (Å²) in [6, 6.07) is 7.94. The van der Waals surface area contributed by atoms with Gasteiger partial charge in [0.25, 0.3) is 0 Å². The Morgan fingerprint density at radius 2 is 2.04 bits per heavy atom. The van der Waals surface area contributed by atoms with Crippen molar-refractivity contribution in [3.63, 3.8) is 0 Å². The van der Waals surface area contributed by atoms with Crippen LogP contribution in [0.1, 0.15) is 0 Å². The fourth-order valence-electron chi connectivity index (χ4n) is 2.64. The number of hydrogen-bond acceptors (Lipinski definition) is 7. The van der Waals surface area contributed by atoms with Crippen LogP contribution in [-0.2, 0) is 4.79 Å². The molecule has 0 unspecified atom stereocenters. The van der Waals surface area contributed by atoms with Gasteiger partial charge in [-0.15, -0.1) is 10.2 Å². The molecule has 1 aromatic heterocycles. The van der Waals surface area contributed by atoms with Crippen molar-refractivity contribution < 1.29 is 9.53 Å². The molecule has 1 fully saturated rings. The Hall–Kier alpha value is -2.42. The topological polar surface area (TPSA) is 89.5 Å². The van der Waals surface area contributed by atoms with Crippen LogP contribution in [0.4, 0.5) is 5.69 Å². The number of para-hydroxylation sites is 2. The van der Waals surface area contributed by atoms with E-state index in [9.17, 15) is 4.79 Å². The van der Waals surface area contributed by atoms with Crippen LogP contribution in [0, 0.1) is 0 Å². The number of anilines is 1. The average Bonchev–Trinajstić information content (AvgIpc) is 3.04. The van der Waals surface area contributed by atoms with E-state index in [1.54, 1.807) is 7.11 Å². The minimum absolute atomic E-state index is 0.0858. The van der Waals surface area contributed by atoms with E-state index in [4.69, 9.17) is 10.6 Å². The second-order valence-corrected chi connectivity index (χ2v) is 6.29. The molecule has 0 aliphatic carbocycles. The van der Waals surface area contributed by atoms with E-state index in [1.807, 2.05) is 29.2 Å². The molecule has 128 valence electrons. The van der Waals surface area contributed by atoms with E-state index in [0.29, 0.717) is 24.0 Å². The summed E-state index contributed by atoms with van der Waals surface area (Å²) in [6.45, 7) is 2.94. The van der Waals surface area contributed by atoms with Gasteiger partial charge >= 0.3 is 0 Å². The molecule has 8 nitrogen and oxygen atoms in total. The smallest absolute Gasteiger partial charge is 0.233 e. The predicted molar refractivity (Wildman–Crippen MR) is 92.7 cm³/mol. The third-order valence-corrected chi connectivity index (χ3v) is 4.87. The number of rotatable bonds is 5. The number of thioether (sulfide) groups is 1. The number of carbonyl (C=O) groups is 1. The molecule has 0 spiro atoms. The second kappa shape index (κ2) is 7.43. The Kier molecular flexibility index (Phi) is 5.09. The zero-order valence-electron chi connectivity index (χ0n) is 13.5. The van der Waals surface area contributed by atoms with E-state index >= 15 is 0 Å². The van der Waals surface area contributed by atoms with Crippen molar-refractivity contribution in [2.24, 2.45) is 0 Å². The van der Waals surface area contributed by atoms with E-state index in [0.717, 1.165) is 24.5 Å². The Balaban J connectivity index is 1.53. The first kappa shape index (κ1) is 16.4. The van der Waals surface area contributed by atoms with Gasteiger partial charge in [0.1, 0.15) is 12.1 Å². The maximum absolute atomic E-state index is 12.3. The largest absolute Gasteiger partial charge is 0.495 e. The summed E-state index contributed by atoms with van der Waals surface area (Å²) in [5.41, 5.74) is 1.07. The molecule has 0 saturated carbocycles. The molecule has 2 aromatic rings. The number of carbonyl (C=O) groups excluding carboxylic acids is 1. The number of ether oxygens (including phenoxy) is 1. The van der Waals surface area contributed by atoms with Gasteiger partial charge in [-0.1, -0.05) is 23.9 Å². The van der Waals surface area contributed by atoms with Crippen LogP contribution in [-0.4, -0.2) is 64.7 Å². The zero-order valence-corrected chi connectivity index (χ0v) is 14.3. The maximum atomic E-state index is 12.3. The summed E-state index contributed by atoms with van der Waals surface area (Å²) in [5.74, 6) is 6.90. The van der Waals surface area contributed by atoms with Gasteiger partial charge in [-0.05, 0) is 12.1 Å². The van der Waals surface area contributed by atoms with Crippen LogP contribution in [0.5, 0.6) is 5.75 Å². The number of hydrogen-bond donors (Lipinski definition) is 1. The Morgan fingerprint density at radius 1 is 1.29 bits per heavy atom. The number of nitrogens with two attached hydrogens (primary N) is 1. The lowest BCUT2D eigenvalue weighted by Crippen LogP contribution is -2.49. The predicted octanol–water partition coefficient (Wildman–Crippen LogP) is 0.441. The van der Waals surface area contributed by atoms with Crippen molar-refractivity contribution in [3.05, 3.63) is 30.6 Å². The number of amides is 1. The van der Waals surface area contributed by atoms with E-state index in [1.165, 1.54) is 22.8 Å². The molecule has 24 heavy (non-hydrogen) atoms. The van der Waals surface area contributed by atoms with Crippen LogP contribution < -0.4 is 15.5 Å². The van der Waals surface area contributed by atoms with Crippen LogP contribution in [0.3, 0.4) is 0 Å². The fourth-order valence-corrected chi connectivity index (χ4v) is 3.38. The zero-order chi connectivity index (χ0) is 16.9. The first-order valence-corrected chi connectivity index (χ1v) is 8.61. The lowest BCUT2D eigenvalue weighted by atomic mass is 10.2. The van der Waals surface area contributed by atoms with Gasteiger partial charge in [0.05, 0.1) is 18.6 Å². The highest BCUT2D eigenvalue weighted by Crippen LogP contribution is 2.28. The highest BCUT2D eigenvalue weighted by atomic mass is 32.2. The maximum Gasteiger partial charge on any atom is 0.233 e. The van der Waals surface area contributed by atoms with Crippen molar-refractivity contribution in [3.8, 4) is 5.75 Å². The van der Waals surface area contributed by atoms with Gasteiger partial charge < -0.3 is 20.4 Å². The van der Waals surface area contributed by atoms with Crippen molar-refractivity contribution in [2.45, 2.75) is 5.16 Å². The molecule has 0 radical (unpaired) electrons. The number of nitrogen functional groups attached to an aromatic ring is 1. The lowest BCUT2D eigenvalue weighted by molar-refractivity contribution is -0.128. The molecule has 1 aliphatic heterocycles. The first-order valence-electron chi connectivity index (χ1n) is 7.62. The number of piperazine rings is 1. The normalized spacial score (nSPS) is 14.7. The first-order chi connectivity index (χ1) is 11.7. The molecule has 1 aromatic carbocycles. The molecule has 2 N–H and O–H groups in total. The van der Waals surface area contributed by atoms with Gasteiger partial charge in [-0.25, -0.2) is 4.68 Å². The van der Waals surface area contributed by atoms with Gasteiger partial charge in [-0.2, -0.15) is 0 Å². The molecule has 1 amide bonds. The van der Waals surface area contributed by atoms with Crippen LogP contribution in [0.25, 0.3) is 0 Å². The number of methoxy groups -OCH3 is 1. The van der Waals surface area contributed by atoms with Crippen LogP contribution in [0.15, 0.2) is 35.7 Å². The third-order valence-electron chi connectivity index (χ3n) is 3.92.